The zero-order chi connectivity index (χ0) is 19.0. The van der Waals surface area contributed by atoms with Gasteiger partial charge in [0.2, 0.25) is 5.91 Å². The first-order chi connectivity index (χ1) is 13.0. The van der Waals surface area contributed by atoms with E-state index in [4.69, 9.17) is 4.74 Å². The van der Waals surface area contributed by atoms with Gasteiger partial charge in [0.1, 0.15) is 0 Å². The van der Waals surface area contributed by atoms with Crippen LogP contribution in [0.2, 0.25) is 0 Å². The molecule has 2 aliphatic heterocycles. The van der Waals surface area contributed by atoms with Gasteiger partial charge in [-0.05, 0) is 32.1 Å². The fourth-order valence-corrected chi connectivity index (χ4v) is 6.42. The van der Waals surface area contributed by atoms with Crippen molar-refractivity contribution in [3.8, 4) is 0 Å². The van der Waals surface area contributed by atoms with Gasteiger partial charge in [-0.3, -0.25) is 4.79 Å². The standard InChI is InChI=1S/C20H33N3O3S/c1-20(2)16(15-7-10-26-17(15)20)22-19(25)21-14-5-3-13(4-6-14)18(24)23-8-11-27-12-9-23/h13-17H,3-12H2,1-2H3,(H2,21,22,25)/t13?,14?,15-,16-,17+/m1/s1. The van der Waals surface area contributed by atoms with E-state index in [0.29, 0.717) is 11.8 Å². The molecule has 0 aromatic heterocycles. The number of nitrogens with one attached hydrogen (secondary N) is 2. The van der Waals surface area contributed by atoms with E-state index in [1.165, 1.54) is 0 Å². The van der Waals surface area contributed by atoms with Gasteiger partial charge in [-0.15, -0.1) is 0 Å². The number of hydrogen-bond donors (Lipinski definition) is 2. The molecule has 0 bridgehead atoms. The summed E-state index contributed by atoms with van der Waals surface area (Å²) in [4.78, 5) is 27.2. The molecular formula is C20H33N3O3S. The number of nitrogens with zero attached hydrogens (tertiary/aromatic N) is 1. The molecule has 0 unspecified atom stereocenters. The number of hydrogen-bond acceptors (Lipinski definition) is 4. The maximum Gasteiger partial charge on any atom is 0.315 e. The minimum Gasteiger partial charge on any atom is -0.377 e. The minimum atomic E-state index is -0.0544. The summed E-state index contributed by atoms with van der Waals surface area (Å²) < 4.78 is 5.80. The van der Waals surface area contributed by atoms with Gasteiger partial charge in [0.25, 0.3) is 0 Å². The number of rotatable bonds is 3. The molecule has 0 radical (unpaired) electrons. The van der Waals surface area contributed by atoms with Crippen LogP contribution in [0.25, 0.3) is 0 Å². The predicted molar refractivity (Wildman–Crippen MR) is 107 cm³/mol. The molecule has 0 aromatic rings. The zero-order valence-corrected chi connectivity index (χ0v) is 17.4. The summed E-state index contributed by atoms with van der Waals surface area (Å²) in [5.41, 5.74) is 0.00924. The van der Waals surface area contributed by atoms with Crippen LogP contribution in [0.15, 0.2) is 0 Å². The lowest BCUT2D eigenvalue weighted by atomic mass is 9.57. The highest BCUT2D eigenvalue weighted by Crippen LogP contribution is 2.52. The van der Waals surface area contributed by atoms with Crippen molar-refractivity contribution in [3.05, 3.63) is 0 Å². The van der Waals surface area contributed by atoms with Gasteiger partial charge < -0.3 is 20.3 Å². The maximum atomic E-state index is 12.7. The Balaban J connectivity index is 1.21. The highest BCUT2D eigenvalue weighted by atomic mass is 32.2. The summed E-state index contributed by atoms with van der Waals surface area (Å²) in [7, 11) is 0. The molecule has 2 N–H and O–H groups in total. The van der Waals surface area contributed by atoms with E-state index in [1.807, 2.05) is 16.7 Å². The van der Waals surface area contributed by atoms with Crippen LogP contribution in [0.5, 0.6) is 0 Å². The van der Waals surface area contributed by atoms with Crippen LogP contribution in [-0.2, 0) is 9.53 Å². The van der Waals surface area contributed by atoms with Crippen molar-refractivity contribution in [1.82, 2.24) is 15.5 Å². The van der Waals surface area contributed by atoms with Crippen molar-refractivity contribution in [2.45, 2.75) is 64.1 Å². The molecule has 3 amide bonds. The van der Waals surface area contributed by atoms with Crippen molar-refractivity contribution >= 4 is 23.7 Å². The first kappa shape index (κ1) is 19.4. The van der Waals surface area contributed by atoms with Gasteiger partial charge in [0, 0.05) is 60.5 Å². The summed E-state index contributed by atoms with van der Waals surface area (Å²) in [6.45, 7) is 6.97. The monoisotopic (exact) mass is 395 g/mol. The second kappa shape index (κ2) is 7.82. The molecule has 152 valence electrons. The first-order valence-corrected chi connectivity index (χ1v) is 11.7. The Bertz CT molecular complexity index is 571. The zero-order valence-electron chi connectivity index (χ0n) is 16.5. The van der Waals surface area contributed by atoms with Gasteiger partial charge in [0.05, 0.1) is 6.10 Å². The molecule has 0 aromatic carbocycles. The highest BCUT2D eigenvalue weighted by molar-refractivity contribution is 7.99. The smallest absolute Gasteiger partial charge is 0.315 e. The van der Waals surface area contributed by atoms with E-state index in [0.717, 1.165) is 63.3 Å². The van der Waals surface area contributed by atoms with Crippen LogP contribution in [0.3, 0.4) is 0 Å². The third-order valence-corrected chi connectivity index (χ3v) is 8.06. The number of carbonyl (C=O) groups is 2. The fraction of sp³-hybridized carbons (Fsp3) is 0.900. The van der Waals surface area contributed by atoms with Crippen LogP contribution < -0.4 is 10.6 Å². The second-order valence-corrected chi connectivity index (χ2v) is 10.4. The Labute approximate surface area is 166 Å². The van der Waals surface area contributed by atoms with E-state index in [2.05, 4.69) is 24.5 Å². The molecule has 2 heterocycles. The van der Waals surface area contributed by atoms with Crippen LogP contribution in [0.4, 0.5) is 4.79 Å². The third-order valence-electron chi connectivity index (χ3n) is 7.12. The van der Waals surface area contributed by atoms with E-state index in [9.17, 15) is 9.59 Å². The number of carbonyl (C=O) groups excluding carboxylic acids is 2. The van der Waals surface area contributed by atoms with Crippen molar-refractivity contribution in [1.29, 1.82) is 0 Å². The summed E-state index contributed by atoms with van der Waals surface area (Å²) >= 11 is 1.93. The largest absolute Gasteiger partial charge is 0.377 e. The van der Waals surface area contributed by atoms with Crippen molar-refractivity contribution in [2.24, 2.45) is 17.3 Å². The molecule has 0 spiro atoms. The van der Waals surface area contributed by atoms with Crippen LogP contribution >= 0.6 is 11.8 Å². The Morgan fingerprint density at radius 2 is 1.74 bits per heavy atom. The van der Waals surface area contributed by atoms with Crippen molar-refractivity contribution < 1.29 is 14.3 Å². The molecule has 2 saturated heterocycles. The minimum absolute atomic E-state index is 0.00924. The molecule has 27 heavy (non-hydrogen) atoms. The van der Waals surface area contributed by atoms with Gasteiger partial charge >= 0.3 is 6.03 Å². The SMILES string of the molecule is CC1(C)[C@H](NC(=O)NC2CCC(C(=O)N3CCSCC3)CC2)[C@H]2CCO[C@@H]21. The van der Waals surface area contributed by atoms with Crippen LogP contribution in [0, 0.1) is 17.3 Å². The van der Waals surface area contributed by atoms with E-state index in [-0.39, 0.29) is 35.6 Å². The first-order valence-electron chi connectivity index (χ1n) is 10.5. The number of ether oxygens (including phenoxy) is 1. The summed E-state index contributed by atoms with van der Waals surface area (Å²) in [6, 6.07) is 0.325. The second-order valence-electron chi connectivity index (χ2n) is 9.15. The molecule has 4 rings (SSSR count). The van der Waals surface area contributed by atoms with Gasteiger partial charge in [-0.2, -0.15) is 11.8 Å². The molecule has 6 nitrogen and oxygen atoms in total. The van der Waals surface area contributed by atoms with E-state index < -0.39 is 0 Å². The summed E-state index contributed by atoms with van der Waals surface area (Å²) in [5, 5.41) is 6.36. The van der Waals surface area contributed by atoms with Crippen molar-refractivity contribution in [3.63, 3.8) is 0 Å². The fourth-order valence-electron chi connectivity index (χ4n) is 5.51. The lowest BCUT2D eigenvalue weighted by Crippen LogP contribution is -2.68. The van der Waals surface area contributed by atoms with Crippen LogP contribution in [-0.4, -0.2) is 66.2 Å². The molecule has 2 aliphatic carbocycles. The average Bonchev–Trinajstić information content (AvgIpc) is 3.14. The summed E-state index contributed by atoms with van der Waals surface area (Å²) in [6.07, 6.45) is 4.91. The lowest BCUT2D eigenvalue weighted by Gasteiger charge is -2.54. The van der Waals surface area contributed by atoms with Gasteiger partial charge in [0.15, 0.2) is 0 Å². The molecule has 3 atom stereocenters. The summed E-state index contributed by atoms with van der Waals surface area (Å²) in [5.74, 6) is 3.07. The van der Waals surface area contributed by atoms with Gasteiger partial charge in [-0.25, -0.2) is 4.79 Å². The van der Waals surface area contributed by atoms with E-state index in [1.54, 1.807) is 0 Å². The molecule has 7 heteroatoms. The number of thioether (sulfide) groups is 1. The maximum absolute atomic E-state index is 12.7. The number of amides is 3. The van der Waals surface area contributed by atoms with Crippen LogP contribution in [0.1, 0.15) is 46.0 Å². The average molecular weight is 396 g/mol. The number of fused-ring (bicyclic) bond motifs is 1. The van der Waals surface area contributed by atoms with E-state index >= 15 is 0 Å². The number of urea groups is 1. The van der Waals surface area contributed by atoms with Crippen molar-refractivity contribution in [2.75, 3.05) is 31.2 Å². The molecule has 2 saturated carbocycles. The normalized spacial score (nSPS) is 37.9. The molecular weight excluding hydrogens is 362 g/mol. The van der Waals surface area contributed by atoms with Gasteiger partial charge in [-0.1, -0.05) is 13.8 Å². The predicted octanol–water partition coefficient (Wildman–Crippen LogP) is 2.23. The topological polar surface area (TPSA) is 70.7 Å². The Morgan fingerprint density at radius 1 is 1.04 bits per heavy atom. The Morgan fingerprint density at radius 3 is 2.44 bits per heavy atom. The Hall–Kier alpha value is -0.950. The third kappa shape index (κ3) is 3.82. The lowest BCUT2D eigenvalue weighted by molar-refractivity contribution is -0.136. The molecule has 4 fully saturated rings. The highest BCUT2D eigenvalue weighted by Gasteiger charge is 2.59. The quantitative estimate of drug-likeness (QED) is 0.769. The molecule has 4 aliphatic rings. The Kier molecular flexibility index (Phi) is 5.61.